The molecule has 6 heteroatoms. The molecule has 0 spiro atoms. The summed E-state index contributed by atoms with van der Waals surface area (Å²) in [5.74, 6) is 0.0288. The lowest BCUT2D eigenvalue weighted by Crippen LogP contribution is -2.00. The Kier molecular flexibility index (Phi) is 3.69. The van der Waals surface area contributed by atoms with Crippen LogP contribution in [0.5, 0.6) is 5.75 Å². The van der Waals surface area contributed by atoms with Gasteiger partial charge in [-0.3, -0.25) is 4.79 Å². The SMILES string of the molecule is CC(=O)Oc1cc(Cl)c2nn(-c3ccc(Br)cc3)cc2c1. The predicted molar refractivity (Wildman–Crippen MR) is 85.1 cm³/mol. The van der Waals surface area contributed by atoms with Gasteiger partial charge in [0.1, 0.15) is 11.3 Å². The molecule has 0 unspecified atom stereocenters. The average molecular weight is 366 g/mol. The van der Waals surface area contributed by atoms with Gasteiger partial charge >= 0.3 is 5.97 Å². The van der Waals surface area contributed by atoms with Gasteiger partial charge in [-0.1, -0.05) is 27.5 Å². The number of nitrogens with zero attached hydrogens (tertiary/aromatic N) is 2. The number of hydrogen-bond donors (Lipinski definition) is 0. The second kappa shape index (κ2) is 5.50. The number of carbonyl (C=O) groups excluding carboxylic acids is 1. The van der Waals surface area contributed by atoms with E-state index < -0.39 is 0 Å². The lowest BCUT2D eigenvalue weighted by molar-refractivity contribution is -0.131. The first kappa shape index (κ1) is 14.1. The lowest BCUT2D eigenvalue weighted by atomic mass is 10.2. The van der Waals surface area contributed by atoms with Crippen molar-refractivity contribution in [2.75, 3.05) is 0 Å². The molecule has 3 rings (SSSR count). The smallest absolute Gasteiger partial charge is 0.308 e. The Bertz CT molecular complexity index is 828. The monoisotopic (exact) mass is 364 g/mol. The minimum atomic E-state index is -0.384. The molecule has 3 aromatic rings. The number of esters is 1. The van der Waals surface area contributed by atoms with Gasteiger partial charge in [0.05, 0.1) is 10.7 Å². The molecule has 2 aromatic carbocycles. The summed E-state index contributed by atoms with van der Waals surface area (Å²) in [4.78, 5) is 11.0. The van der Waals surface area contributed by atoms with Crippen molar-refractivity contribution in [3.8, 4) is 11.4 Å². The van der Waals surface area contributed by atoms with E-state index in [9.17, 15) is 4.79 Å². The highest BCUT2D eigenvalue weighted by Gasteiger charge is 2.10. The van der Waals surface area contributed by atoms with Crippen LogP contribution >= 0.6 is 27.5 Å². The minimum absolute atomic E-state index is 0.384. The summed E-state index contributed by atoms with van der Waals surface area (Å²) in [6.07, 6.45) is 1.84. The highest BCUT2D eigenvalue weighted by atomic mass is 79.9. The summed E-state index contributed by atoms with van der Waals surface area (Å²) < 4.78 is 7.80. The number of benzene rings is 2. The number of carbonyl (C=O) groups is 1. The van der Waals surface area contributed by atoms with Crippen LogP contribution in [0.1, 0.15) is 6.92 Å². The molecule has 1 heterocycles. The maximum Gasteiger partial charge on any atom is 0.308 e. The van der Waals surface area contributed by atoms with E-state index in [0.717, 1.165) is 15.5 Å². The zero-order valence-electron chi connectivity index (χ0n) is 11.0. The molecule has 0 aliphatic rings. The largest absolute Gasteiger partial charge is 0.427 e. The minimum Gasteiger partial charge on any atom is -0.427 e. The molecule has 0 amide bonds. The standard InChI is InChI=1S/C15H10BrClN2O2/c1-9(20)21-13-6-10-8-19(18-15(10)14(17)7-13)12-4-2-11(16)3-5-12/h2-8H,1H3. The van der Waals surface area contributed by atoms with Crippen LogP contribution < -0.4 is 4.74 Å². The molecule has 0 aliphatic heterocycles. The second-order valence-electron chi connectivity index (χ2n) is 4.49. The molecule has 21 heavy (non-hydrogen) atoms. The van der Waals surface area contributed by atoms with Gasteiger partial charge in [0.2, 0.25) is 0 Å². The summed E-state index contributed by atoms with van der Waals surface area (Å²) >= 11 is 9.59. The third-order valence-electron chi connectivity index (χ3n) is 2.89. The number of hydrogen-bond acceptors (Lipinski definition) is 3. The maximum absolute atomic E-state index is 11.0. The zero-order valence-corrected chi connectivity index (χ0v) is 13.4. The molecular formula is C15H10BrClN2O2. The Morgan fingerprint density at radius 3 is 2.67 bits per heavy atom. The second-order valence-corrected chi connectivity index (χ2v) is 5.81. The summed E-state index contributed by atoms with van der Waals surface area (Å²) in [7, 11) is 0. The van der Waals surface area contributed by atoms with Crippen molar-refractivity contribution in [1.82, 2.24) is 9.78 Å². The molecule has 106 valence electrons. The maximum atomic E-state index is 11.0. The van der Waals surface area contributed by atoms with Crippen LogP contribution in [0.3, 0.4) is 0 Å². The van der Waals surface area contributed by atoms with E-state index >= 15 is 0 Å². The van der Waals surface area contributed by atoms with Crippen LogP contribution in [0.25, 0.3) is 16.6 Å². The van der Waals surface area contributed by atoms with E-state index in [1.807, 2.05) is 30.5 Å². The third-order valence-corrected chi connectivity index (χ3v) is 3.71. The predicted octanol–water partition coefficient (Wildman–Crippen LogP) is 4.37. The van der Waals surface area contributed by atoms with E-state index in [4.69, 9.17) is 16.3 Å². The van der Waals surface area contributed by atoms with E-state index in [1.165, 1.54) is 6.92 Å². The highest BCUT2D eigenvalue weighted by molar-refractivity contribution is 9.10. The number of aromatic nitrogens is 2. The molecule has 0 aliphatic carbocycles. The molecule has 0 bridgehead atoms. The van der Waals surface area contributed by atoms with Crippen molar-refractivity contribution < 1.29 is 9.53 Å². The van der Waals surface area contributed by atoms with Gasteiger partial charge in [0.15, 0.2) is 0 Å². The molecule has 0 saturated heterocycles. The number of rotatable bonds is 2. The normalized spacial score (nSPS) is 10.8. The van der Waals surface area contributed by atoms with E-state index in [2.05, 4.69) is 21.0 Å². The van der Waals surface area contributed by atoms with Crippen LogP contribution in [0, 0.1) is 0 Å². The fourth-order valence-electron chi connectivity index (χ4n) is 2.02. The van der Waals surface area contributed by atoms with Crippen LogP contribution in [0.2, 0.25) is 5.02 Å². The Morgan fingerprint density at radius 1 is 1.29 bits per heavy atom. The summed E-state index contributed by atoms with van der Waals surface area (Å²) in [6, 6.07) is 11.1. The quantitative estimate of drug-likeness (QED) is 0.500. The highest BCUT2D eigenvalue weighted by Crippen LogP contribution is 2.29. The molecule has 4 nitrogen and oxygen atoms in total. The van der Waals surface area contributed by atoms with Gasteiger partial charge in [0.25, 0.3) is 0 Å². The van der Waals surface area contributed by atoms with Gasteiger partial charge in [0, 0.05) is 29.0 Å². The first-order chi connectivity index (χ1) is 10.0. The van der Waals surface area contributed by atoms with Gasteiger partial charge in [-0.15, -0.1) is 0 Å². The summed E-state index contributed by atoms with van der Waals surface area (Å²) in [5, 5.41) is 5.71. The Hall–Kier alpha value is -1.85. The van der Waals surface area contributed by atoms with Gasteiger partial charge in [-0.05, 0) is 30.3 Å². The number of halogens is 2. The Morgan fingerprint density at radius 2 is 2.00 bits per heavy atom. The molecule has 0 radical (unpaired) electrons. The van der Waals surface area contributed by atoms with Crippen LogP contribution in [-0.2, 0) is 4.79 Å². The van der Waals surface area contributed by atoms with Gasteiger partial charge in [-0.25, -0.2) is 4.68 Å². The number of ether oxygens (including phenoxy) is 1. The van der Waals surface area contributed by atoms with Crippen molar-refractivity contribution in [2.24, 2.45) is 0 Å². The molecule has 0 fully saturated rings. The van der Waals surface area contributed by atoms with Crippen LogP contribution in [0.15, 0.2) is 47.1 Å². The first-order valence-corrected chi connectivity index (χ1v) is 7.33. The van der Waals surface area contributed by atoms with Crippen molar-refractivity contribution in [3.63, 3.8) is 0 Å². The van der Waals surface area contributed by atoms with E-state index in [0.29, 0.717) is 16.3 Å². The number of fused-ring (bicyclic) bond motifs is 1. The van der Waals surface area contributed by atoms with Crippen molar-refractivity contribution in [2.45, 2.75) is 6.92 Å². The topological polar surface area (TPSA) is 44.1 Å². The molecule has 0 atom stereocenters. The molecule has 1 aromatic heterocycles. The molecule has 0 N–H and O–H groups in total. The first-order valence-electron chi connectivity index (χ1n) is 6.16. The zero-order chi connectivity index (χ0) is 15.0. The lowest BCUT2D eigenvalue weighted by Gasteiger charge is -2.01. The summed E-state index contributed by atoms with van der Waals surface area (Å²) in [6.45, 7) is 1.35. The van der Waals surface area contributed by atoms with Gasteiger partial charge < -0.3 is 4.74 Å². The summed E-state index contributed by atoms with van der Waals surface area (Å²) in [5.41, 5.74) is 1.58. The average Bonchev–Trinajstić information content (AvgIpc) is 2.83. The molecular weight excluding hydrogens is 356 g/mol. The fourth-order valence-corrected chi connectivity index (χ4v) is 2.54. The third kappa shape index (κ3) is 2.94. The van der Waals surface area contributed by atoms with Crippen molar-refractivity contribution in [1.29, 1.82) is 0 Å². The van der Waals surface area contributed by atoms with Crippen LogP contribution in [-0.4, -0.2) is 15.7 Å². The Balaban J connectivity index is 2.09. The Labute approximate surface area is 134 Å². The van der Waals surface area contributed by atoms with E-state index in [1.54, 1.807) is 16.8 Å². The van der Waals surface area contributed by atoms with Gasteiger partial charge in [-0.2, -0.15) is 5.10 Å². The molecule has 0 saturated carbocycles. The fraction of sp³-hybridized carbons (Fsp3) is 0.0667. The van der Waals surface area contributed by atoms with Crippen molar-refractivity contribution in [3.05, 3.63) is 52.1 Å². The van der Waals surface area contributed by atoms with Crippen molar-refractivity contribution >= 4 is 44.4 Å². The van der Waals surface area contributed by atoms with E-state index in [-0.39, 0.29) is 5.97 Å². The van der Waals surface area contributed by atoms with Crippen LogP contribution in [0.4, 0.5) is 0 Å².